The largest absolute Gasteiger partial charge is 0.480 e. The monoisotopic (exact) mass is 837 g/mol. The van der Waals surface area contributed by atoms with Crippen LogP contribution in [0.4, 0.5) is 24.5 Å². The summed E-state index contributed by atoms with van der Waals surface area (Å²) in [5.74, 6) is -1.60. The van der Waals surface area contributed by atoms with E-state index in [1.54, 1.807) is 0 Å². The number of amides is 3. The fourth-order valence-electron chi connectivity index (χ4n) is 9.03. The van der Waals surface area contributed by atoms with Crippen molar-refractivity contribution in [2.45, 2.75) is 50.4 Å². The maximum Gasteiger partial charge on any atom is 0.435 e. The molecule has 4 aliphatic heterocycles. The van der Waals surface area contributed by atoms with Crippen molar-refractivity contribution in [1.82, 2.24) is 45.2 Å². The van der Waals surface area contributed by atoms with Gasteiger partial charge < -0.3 is 36.3 Å². The van der Waals surface area contributed by atoms with Crippen molar-refractivity contribution in [2.75, 3.05) is 56.9 Å². The number of alkyl halides is 3. The molecule has 4 aromatic rings. The number of nitrogens with zero attached hydrogens (tertiary/aromatic N) is 6. The number of imidazole rings is 1. The standard InChI is InChI=1S/C39H43ClF3N11O5/c40-29-12-23(49-36(57)35-47-16-24(48-35)11-28-33(30-6-1-22(44)15-46-30)50-51-34(28)39(41,42)43)2-5-27(29)37(58)54-25-3-4-26(54)18-53(17-25)38(59)32(21-13-45-14-21)20-7-9-52(10-8-20)19-31(55)56/h1-2,5-6,12,15-16,20-21,25-26,32,45H,3-4,7-11,13-14,17-19,44H2,(H,47,48)(H,49,57)(H,50,51)(H,55,56). The topological polar surface area (TPSA) is 219 Å². The number of rotatable bonds is 11. The van der Waals surface area contributed by atoms with Gasteiger partial charge in [0.05, 0.1) is 52.5 Å². The van der Waals surface area contributed by atoms with Gasteiger partial charge in [0.2, 0.25) is 5.91 Å². The Hall–Kier alpha value is -5.53. The van der Waals surface area contributed by atoms with Crippen LogP contribution in [0.3, 0.4) is 0 Å². The van der Waals surface area contributed by atoms with E-state index in [0.29, 0.717) is 31.9 Å². The van der Waals surface area contributed by atoms with Crippen molar-refractivity contribution in [3.63, 3.8) is 0 Å². The van der Waals surface area contributed by atoms with Gasteiger partial charge in [0.25, 0.3) is 11.8 Å². The number of aromatic amines is 2. The van der Waals surface area contributed by atoms with Crippen molar-refractivity contribution in [3.05, 3.63) is 76.1 Å². The van der Waals surface area contributed by atoms with Crippen LogP contribution < -0.4 is 16.4 Å². The number of carbonyl (C=O) groups is 4. The highest BCUT2D eigenvalue weighted by atomic mass is 35.5. The number of hydrogen-bond donors (Lipinski definition) is 6. The number of hydrogen-bond acceptors (Lipinski definition) is 10. The first-order valence-electron chi connectivity index (χ1n) is 19.5. The molecule has 1 aromatic carbocycles. The van der Waals surface area contributed by atoms with Gasteiger partial charge in [-0.3, -0.25) is 34.2 Å². The van der Waals surface area contributed by atoms with E-state index >= 15 is 0 Å². The van der Waals surface area contributed by atoms with Crippen LogP contribution in [-0.2, 0) is 22.2 Å². The Bertz CT molecular complexity index is 2220. The maximum atomic E-state index is 14.2. The number of nitrogens with two attached hydrogens (primary N) is 1. The molecule has 2 bridgehead atoms. The average Bonchev–Trinajstić information content (AvgIpc) is 3.89. The number of carboxylic acid groups (broad SMARTS) is 1. The summed E-state index contributed by atoms with van der Waals surface area (Å²) in [6.45, 7) is 3.69. The lowest BCUT2D eigenvalue weighted by Gasteiger charge is -2.46. The van der Waals surface area contributed by atoms with E-state index in [1.807, 2.05) is 14.7 Å². The van der Waals surface area contributed by atoms with Gasteiger partial charge in [0.15, 0.2) is 11.5 Å². The van der Waals surface area contributed by atoms with E-state index in [9.17, 15) is 37.5 Å². The Labute approximate surface area is 341 Å². The SMILES string of the molecule is Nc1ccc(-c2[nH]nc(C(F)(F)F)c2Cc2cnc(C(=O)Nc3ccc(C(=O)N4C5CCC4CN(C(=O)C(C4CCN(CC(=O)O)CC4)C4CNC4)C5)c(Cl)c3)[nH]2)nc1. The summed E-state index contributed by atoms with van der Waals surface area (Å²) < 4.78 is 41.7. The first-order valence-corrected chi connectivity index (χ1v) is 19.9. The molecule has 59 heavy (non-hydrogen) atoms. The third kappa shape index (κ3) is 8.36. The van der Waals surface area contributed by atoms with Gasteiger partial charge in [-0.15, -0.1) is 0 Å². The summed E-state index contributed by atoms with van der Waals surface area (Å²) in [7, 11) is 0. The molecule has 0 aliphatic carbocycles. The molecule has 4 fully saturated rings. The number of nitrogen functional groups attached to an aromatic ring is 1. The normalized spacial score (nSPS) is 20.7. The van der Waals surface area contributed by atoms with Crippen molar-refractivity contribution >= 4 is 46.7 Å². The maximum absolute atomic E-state index is 14.2. The van der Waals surface area contributed by atoms with Crippen molar-refractivity contribution < 1.29 is 37.5 Å². The molecule has 0 spiro atoms. The number of aromatic nitrogens is 5. The third-order valence-electron chi connectivity index (χ3n) is 12.0. The van der Waals surface area contributed by atoms with Crippen LogP contribution in [0.5, 0.6) is 0 Å². The zero-order valence-corrected chi connectivity index (χ0v) is 32.5. The molecule has 8 rings (SSSR count). The number of halogens is 4. The molecular weight excluding hydrogens is 795 g/mol. The predicted molar refractivity (Wildman–Crippen MR) is 208 cm³/mol. The summed E-state index contributed by atoms with van der Waals surface area (Å²) in [4.78, 5) is 69.3. The molecule has 20 heteroatoms. The summed E-state index contributed by atoms with van der Waals surface area (Å²) in [6.07, 6.45) is 0.555. The number of benzene rings is 1. The van der Waals surface area contributed by atoms with Crippen molar-refractivity contribution in [3.8, 4) is 11.4 Å². The van der Waals surface area contributed by atoms with E-state index in [4.69, 9.17) is 17.3 Å². The lowest BCUT2D eigenvalue weighted by atomic mass is 9.73. The quantitative estimate of drug-likeness (QED) is 0.128. The number of aliphatic carboxylic acids is 1. The average molecular weight is 838 g/mol. The summed E-state index contributed by atoms with van der Waals surface area (Å²) in [5.41, 5.74) is 5.69. The molecule has 7 heterocycles. The minimum Gasteiger partial charge on any atom is -0.480 e. The summed E-state index contributed by atoms with van der Waals surface area (Å²) in [5, 5.41) is 21.2. The number of carboxylic acids is 1. The Morgan fingerprint density at radius 3 is 2.32 bits per heavy atom. The number of piperidine rings is 1. The summed E-state index contributed by atoms with van der Waals surface area (Å²) >= 11 is 6.66. The minimum absolute atomic E-state index is 0.00328. The van der Waals surface area contributed by atoms with Crippen LogP contribution in [0, 0.1) is 17.8 Å². The number of carbonyl (C=O) groups excluding carboxylic acids is 3. The Balaban J connectivity index is 0.903. The van der Waals surface area contributed by atoms with Gasteiger partial charge in [0, 0.05) is 48.6 Å². The van der Waals surface area contributed by atoms with Crippen LogP contribution >= 0.6 is 11.6 Å². The molecular formula is C39H43ClF3N11O5. The fourth-order valence-corrected chi connectivity index (χ4v) is 9.29. The van der Waals surface area contributed by atoms with E-state index < -0.39 is 23.7 Å². The van der Waals surface area contributed by atoms with Gasteiger partial charge in [-0.1, -0.05) is 11.6 Å². The lowest BCUT2D eigenvalue weighted by Crippen LogP contribution is -2.61. The molecule has 3 aromatic heterocycles. The molecule has 3 atom stereocenters. The van der Waals surface area contributed by atoms with Crippen LogP contribution in [0.15, 0.2) is 42.7 Å². The molecule has 4 saturated heterocycles. The molecule has 312 valence electrons. The van der Waals surface area contributed by atoms with Gasteiger partial charge in [-0.25, -0.2) is 4.98 Å². The second kappa shape index (κ2) is 16.3. The first-order chi connectivity index (χ1) is 28.2. The number of H-pyrrole nitrogens is 2. The van der Waals surface area contributed by atoms with E-state index in [2.05, 4.69) is 35.8 Å². The highest BCUT2D eigenvalue weighted by Gasteiger charge is 2.48. The van der Waals surface area contributed by atoms with Crippen molar-refractivity contribution in [2.24, 2.45) is 17.8 Å². The van der Waals surface area contributed by atoms with E-state index in [1.165, 1.54) is 42.7 Å². The van der Waals surface area contributed by atoms with Crippen LogP contribution in [0.25, 0.3) is 11.4 Å². The minimum atomic E-state index is -4.76. The highest BCUT2D eigenvalue weighted by molar-refractivity contribution is 6.34. The fraction of sp³-hybridized carbons (Fsp3) is 0.462. The van der Waals surface area contributed by atoms with Crippen molar-refractivity contribution in [1.29, 1.82) is 0 Å². The van der Waals surface area contributed by atoms with E-state index in [-0.39, 0.29) is 99.4 Å². The Morgan fingerprint density at radius 2 is 1.71 bits per heavy atom. The number of nitrogens with one attached hydrogen (secondary N) is 4. The van der Waals surface area contributed by atoms with Crippen LogP contribution in [0.2, 0.25) is 5.02 Å². The number of pyridine rings is 1. The molecule has 7 N–H and O–H groups in total. The van der Waals surface area contributed by atoms with Gasteiger partial charge in [0.1, 0.15) is 0 Å². The number of anilines is 2. The molecule has 0 radical (unpaired) electrons. The predicted octanol–water partition coefficient (Wildman–Crippen LogP) is 3.74. The molecule has 3 unspecified atom stereocenters. The Morgan fingerprint density at radius 1 is 0.983 bits per heavy atom. The van der Waals surface area contributed by atoms with Gasteiger partial charge in [-0.2, -0.15) is 18.3 Å². The van der Waals surface area contributed by atoms with Gasteiger partial charge >= 0.3 is 12.1 Å². The molecule has 4 aliphatic rings. The number of fused-ring (bicyclic) bond motifs is 2. The zero-order chi connectivity index (χ0) is 41.6. The van der Waals surface area contributed by atoms with Gasteiger partial charge in [-0.05, 0) is 94.0 Å². The molecule has 3 amide bonds. The highest BCUT2D eigenvalue weighted by Crippen LogP contribution is 2.39. The number of likely N-dealkylation sites (tertiary alicyclic amines) is 2. The Kier molecular flexibility index (Phi) is 11.1. The van der Waals surface area contributed by atoms with E-state index in [0.717, 1.165) is 38.8 Å². The zero-order valence-electron chi connectivity index (χ0n) is 31.8. The first kappa shape index (κ1) is 40.3. The lowest BCUT2D eigenvalue weighted by molar-refractivity contribution is -0.145. The summed E-state index contributed by atoms with van der Waals surface area (Å²) in [6, 6.07) is 7.13. The second-order valence-corrected chi connectivity index (χ2v) is 16.2. The number of piperazine rings is 1. The third-order valence-corrected chi connectivity index (χ3v) is 12.3. The van der Waals surface area contributed by atoms with Crippen LogP contribution in [-0.4, -0.2) is 127 Å². The smallest absolute Gasteiger partial charge is 0.435 e. The second-order valence-electron chi connectivity index (χ2n) is 15.8. The van der Waals surface area contributed by atoms with Crippen LogP contribution in [0.1, 0.15) is 63.6 Å². The molecule has 0 saturated carbocycles. The molecule has 16 nitrogen and oxygen atoms in total.